The van der Waals surface area contributed by atoms with Crippen molar-refractivity contribution in [2.24, 2.45) is 5.92 Å². The van der Waals surface area contributed by atoms with E-state index in [0.29, 0.717) is 11.9 Å². The van der Waals surface area contributed by atoms with E-state index in [1.54, 1.807) is 0 Å². The van der Waals surface area contributed by atoms with Crippen molar-refractivity contribution in [2.75, 3.05) is 19.6 Å². The summed E-state index contributed by atoms with van der Waals surface area (Å²) in [6, 6.07) is 9.06. The lowest BCUT2D eigenvalue weighted by molar-refractivity contribution is -0.135. The number of rotatable bonds is 1. The standard InChI is InChI=1S/C17H22N2O/c1-12-11-18-8-9-19(12)16(20)15-10-17(15)7-6-13-4-2-3-5-14(13)17/h2-5,12,15,18H,6-11H2,1H3. The Labute approximate surface area is 120 Å². The maximum absolute atomic E-state index is 12.8. The topological polar surface area (TPSA) is 32.3 Å². The highest BCUT2D eigenvalue weighted by Gasteiger charge is 2.62. The van der Waals surface area contributed by atoms with E-state index in [9.17, 15) is 4.79 Å². The Morgan fingerprint density at radius 1 is 1.40 bits per heavy atom. The van der Waals surface area contributed by atoms with Crippen LogP contribution in [0.15, 0.2) is 24.3 Å². The molecule has 0 bridgehead atoms. The van der Waals surface area contributed by atoms with Gasteiger partial charge >= 0.3 is 0 Å². The average Bonchev–Trinajstić information content (AvgIpc) is 3.09. The second kappa shape index (κ2) is 4.32. The van der Waals surface area contributed by atoms with Gasteiger partial charge in [0.15, 0.2) is 0 Å². The Kier molecular flexibility index (Phi) is 2.68. The molecule has 1 aromatic rings. The summed E-state index contributed by atoms with van der Waals surface area (Å²) in [4.78, 5) is 14.9. The summed E-state index contributed by atoms with van der Waals surface area (Å²) in [7, 11) is 0. The van der Waals surface area contributed by atoms with E-state index >= 15 is 0 Å². The average molecular weight is 270 g/mol. The third-order valence-electron chi connectivity index (χ3n) is 5.55. The number of benzene rings is 1. The first kappa shape index (κ1) is 12.4. The van der Waals surface area contributed by atoms with Gasteiger partial charge in [0.1, 0.15) is 0 Å². The molecule has 2 aliphatic carbocycles. The first-order chi connectivity index (χ1) is 9.72. The van der Waals surface area contributed by atoms with Gasteiger partial charge in [-0.3, -0.25) is 4.79 Å². The number of nitrogens with zero attached hydrogens (tertiary/aromatic N) is 1. The van der Waals surface area contributed by atoms with E-state index in [1.165, 1.54) is 17.5 Å². The van der Waals surface area contributed by atoms with Crippen LogP contribution in [0, 0.1) is 5.92 Å². The van der Waals surface area contributed by atoms with Crippen LogP contribution in [0.25, 0.3) is 0 Å². The van der Waals surface area contributed by atoms with Gasteiger partial charge < -0.3 is 10.2 Å². The lowest BCUT2D eigenvalue weighted by atomic mass is 9.94. The fourth-order valence-electron chi connectivity index (χ4n) is 4.29. The van der Waals surface area contributed by atoms with E-state index in [4.69, 9.17) is 0 Å². The van der Waals surface area contributed by atoms with Gasteiger partial charge in [-0.25, -0.2) is 0 Å². The van der Waals surface area contributed by atoms with Crippen LogP contribution < -0.4 is 5.32 Å². The maximum Gasteiger partial charge on any atom is 0.226 e. The molecule has 0 aromatic heterocycles. The molecule has 2 fully saturated rings. The molecule has 1 spiro atoms. The quantitative estimate of drug-likeness (QED) is 0.842. The molecular formula is C17H22N2O. The van der Waals surface area contributed by atoms with Gasteiger partial charge in [-0.05, 0) is 37.3 Å². The molecule has 3 heteroatoms. The zero-order chi connectivity index (χ0) is 13.7. The molecule has 3 aliphatic rings. The van der Waals surface area contributed by atoms with Crippen molar-refractivity contribution < 1.29 is 4.79 Å². The van der Waals surface area contributed by atoms with Crippen molar-refractivity contribution in [1.82, 2.24) is 10.2 Å². The molecular weight excluding hydrogens is 248 g/mol. The van der Waals surface area contributed by atoms with Gasteiger partial charge in [-0.1, -0.05) is 24.3 Å². The van der Waals surface area contributed by atoms with E-state index in [0.717, 1.165) is 32.5 Å². The normalized spacial score (nSPS) is 35.1. The second-order valence-corrected chi connectivity index (χ2v) is 6.65. The van der Waals surface area contributed by atoms with Crippen LogP contribution in [0.3, 0.4) is 0 Å². The zero-order valence-corrected chi connectivity index (χ0v) is 12.1. The molecule has 1 amide bonds. The summed E-state index contributed by atoms with van der Waals surface area (Å²) >= 11 is 0. The summed E-state index contributed by atoms with van der Waals surface area (Å²) in [6.07, 6.45) is 3.39. The number of nitrogens with one attached hydrogen (secondary N) is 1. The Hall–Kier alpha value is -1.35. The monoisotopic (exact) mass is 270 g/mol. The van der Waals surface area contributed by atoms with Crippen molar-refractivity contribution in [3.63, 3.8) is 0 Å². The lowest BCUT2D eigenvalue weighted by Gasteiger charge is -2.34. The molecule has 3 atom stereocenters. The molecule has 0 radical (unpaired) electrons. The summed E-state index contributed by atoms with van der Waals surface area (Å²) in [5.41, 5.74) is 3.12. The van der Waals surface area contributed by atoms with Crippen molar-refractivity contribution in [2.45, 2.75) is 37.6 Å². The lowest BCUT2D eigenvalue weighted by Crippen LogP contribution is -2.53. The predicted octanol–water partition coefficient (Wildman–Crippen LogP) is 1.71. The molecule has 1 aromatic carbocycles. The van der Waals surface area contributed by atoms with Crippen molar-refractivity contribution in [1.29, 1.82) is 0 Å². The zero-order valence-electron chi connectivity index (χ0n) is 12.1. The second-order valence-electron chi connectivity index (χ2n) is 6.65. The number of carbonyl (C=O) groups excluding carboxylic acids is 1. The Balaban J connectivity index is 1.57. The Bertz CT molecular complexity index is 556. The maximum atomic E-state index is 12.8. The third kappa shape index (κ3) is 1.65. The van der Waals surface area contributed by atoms with Gasteiger partial charge in [-0.2, -0.15) is 0 Å². The van der Waals surface area contributed by atoms with E-state index in [2.05, 4.69) is 41.4 Å². The minimum atomic E-state index is 0.193. The summed E-state index contributed by atoms with van der Waals surface area (Å²) in [5.74, 6) is 0.641. The summed E-state index contributed by atoms with van der Waals surface area (Å²) < 4.78 is 0. The first-order valence-corrected chi connectivity index (χ1v) is 7.82. The van der Waals surface area contributed by atoms with Crippen molar-refractivity contribution in [3.05, 3.63) is 35.4 Å². The fourth-order valence-corrected chi connectivity index (χ4v) is 4.29. The van der Waals surface area contributed by atoms with Crippen LogP contribution in [0.5, 0.6) is 0 Å². The van der Waals surface area contributed by atoms with E-state index in [1.807, 2.05) is 0 Å². The number of fused-ring (bicyclic) bond motifs is 2. The Morgan fingerprint density at radius 2 is 2.25 bits per heavy atom. The van der Waals surface area contributed by atoms with Crippen LogP contribution >= 0.6 is 0 Å². The highest BCUT2D eigenvalue weighted by molar-refractivity contribution is 5.85. The molecule has 20 heavy (non-hydrogen) atoms. The van der Waals surface area contributed by atoms with Crippen molar-refractivity contribution in [3.8, 4) is 0 Å². The summed E-state index contributed by atoms with van der Waals surface area (Å²) in [5, 5.41) is 3.36. The molecule has 1 N–H and O–H groups in total. The minimum absolute atomic E-state index is 0.193. The van der Waals surface area contributed by atoms with Crippen LogP contribution in [0.1, 0.15) is 30.9 Å². The third-order valence-corrected chi connectivity index (χ3v) is 5.55. The van der Waals surface area contributed by atoms with Crippen molar-refractivity contribution >= 4 is 5.91 Å². The molecule has 4 rings (SSSR count). The number of piperazine rings is 1. The molecule has 1 saturated heterocycles. The highest BCUT2D eigenvalue weighted by Crippen LogP contribution is 2.62. The van der Waals surface area contributed by atoms with Gasteiger partial charge in [-0.15, -0.1) is 0 Å². The van der Waals surface area contributed by atoms with Gasteiger partial charge in [0.25, 0.3) is 0 Å². The van der Waals surface area contributed by atoms with Gasteiger partial charge in [0.05, 0.1) is 0 Å². The number of hydrogen-bond donors (Lipinski definition) is 1. The first-order valence-electron chi connectivity index (χ1n) is 7.82. The molecule has 106 valence electrons. The highest BCUT2D eigenvalue weighted by atomic mass is 16.2. The molecule has 3 unspecified atom stereocenters. The number of aryl methyl sites for hydroxylation is 1. The van der Waals surface area contributed by atoms with E-state index in [-0.39, 0.29) is 11.3 Å². The predicted molar refractivity (Wildman–Crippen MR) is 78.6 cm³/mol. The molecule has 1 heterocycles. The van der Waals surface area contributed by atoms with E-state index < -0.39 is 0 Å². The summed E-state index contributed by atoms with van der Waals surface area (Å²) in [6.45, 7) is 4.89. The van der Waals surface area contributed by atoms with Crippen LogP contribution in [-0.4, -0.2) is 36.5 Å². The number of carbonyl (C=O) groups is 1. The van der Waals surface area contributed by atoms with Crippen LogP contribution in [0.2, 0.25) is 0 Å². The van der Waals surface area contributed by atoms with Crippen LogP contribution in [0.4, 0.5) is 0 Å². The van der Waals surface area contributed by atoms with Gasteiger partial charge in [0.2, 0.25) is 5.91 Å². The molecule has 3 nitrogen and oxygen atoms in total. The number of amides is 1. The SMILES string of the molecule is CC1CNCCN1C(=O)C1CC12CCc1ccccc12. The minimum Gasteiger partial charge on any atom is -0.337 e. The van der Waals surface area contributed by atoms with Crippen LogP contribution in [-0.2, 0) is 16.6 Å². The Morgan fingerprint density at radius 3 is 3.10 bits per heavy atom. The largest absolute Gasteiger partial charge is 0.337 e. The fraction of sp³-hybridized carbons (Fsp3) is 0.588. The molecule has 1 saturated carbocycles. The smallest absolute Gasteiger partial charge is 0.226 e. The van der Waals surface area contributed by atoms with Gasteiger partial charge in [0, 0.05) is 37.0 Å². The number of hydrogen-bond acceptors (Lipinski definition) is 2. The molecule has 1 aliphatic heterocycles.